The molecule has 0 atom stereocenters. The number of nitrogens with one attached hydrogen (secondary N) is 2. The minimum Gasteiger partial charge on any atom is -0.318 e. The first-order chi connectivity index (χ1) is 3.41. The van der Waals surface area contributed by atoms with Gasteiger partial charge in [-0.2, -0.15) is 5.10 Å². The van der Waals surface area contributed by atoms with Crippen LogP contribution >= 0.6 is 0 Å². The summed E-state index contributed by atoms with van der Waals surface area (Å²) in [5.41, 5.74) is 2.70. The lowest BCUT2D eigenvalue weighted by Crippen LogP contribution is -2.20. The van der Waals surface area contributed by atoms with Crippen LogP contribution in [0.25, 0.3) is 0 Å². The van der Waals surface area contributed by atoms with E-state index in [0.717, 1.165) is 13.1 Å². The largest absolute Gasteiger partial charge is 0.318 e. The van der Waals surface area contributed by atoms with E-state index in [4.69, 9.17) is 0 Å². The summed E-state index contributed by atoms with van der Waals surface area (Å²) in [5.74, 6) is 0. The fraction of sp³-hybridized carbons (Fsp3) is 0.750. The molecule has 0 unspecified atom stereocenters. The SMILES string of the molecule is C=NNCCNC. The van der Waals surface area contributed by atoms with Crippen LogP contribution in [0, 0.1) is 0 Å². The summed E-state index contributed by atoms with van der Waals surface area (Å²) in [6, 6.07) is 0. The maximum absolute atomic E-state index is 3.43. The Hall–Kier alpha value is -0.570. The maximum atomic E-state index is 3.43. The Kier molecular flexibility index (Phi) is 4.99. The first-order valence-corrected chi connectivity index (χ1v) is 2.25. The summed E-state index contributed by atoms with van der Waals surface area (Å²) in [6.07, 6.45) is 0. The predicted molar refractivity (Wildman–Crippen MR) is 31.5 cm³/mol. The van der Waals surface area contributed by atoms with E-state index in [9.17, 15) is 0 Å². The van der Waals surface area contributed by atoms with Crippen molar-refractivity contribution in [2.45, 2.75) is 0 Å². The van der Waals surface area contributed by atoms with Crippen molar-refractivity contribution in [1.29, 1.82) is 0 Å². The van der Waals surface area contributed by atoms with Gasteiger partial charge in [-0.1, -0.05) is 0 Å². The molecule has 0 fully saturated rings. The van der Waals surface area contributed by atoms with E-state index in [0.29, 0.717) is 0 Å². The van der Waals surface area contributed by atoms with Crippen molar-refractivity contribution in [3.05, 3.63) is 0 Å². The summed E-state index contributed by atoms with van der Waals surface area (Å²) in [6.45, 7) is 5.02. The quantitative estimate of drug-likeness (QED) is 0.282. The molecule has 0 saturated heterocycles. The van der Waals surface area contributed by atoms with Crippen molar-refractivity contribution in [1.82, 2.24) is 10.7 Å². The fourth-order valence-corrected chi connectivity index (χ4v) is 0.260. The Balaban J connectivity index is 2.56. The Morgan fingerprint density at radius 1 is 1.57 bits per heavy atom. The highest BCUT2D eigenvalue weighted by molar-refractivity contribution is 5.22. The molecular weight excluding hydrogens is 90.1 g/mol. The van der Waals surface area contributed by atoms with Crippen LogP contribution in [0.1, 0.15) is 0 Å². The molecule has 0 aliphatic carbocycles. The third kappa shape index (κ3) is 5.43. The lowest BCUT2D eigenvalue weighted by molar-refractivity contribution is 0.684. The highest BCUT2D eigenvalue weighted by atomic mass is 15.3. The van der Waals surface area contributed by atoms with Gasteiger partial charge in [-0.3, -0.25) is 0 Å². The van der Waals surface area contributed by atoms with Crippen molar-refractivity contribution in [3.8, 4) is 0 Å². The van der Waals surface area contributed by atoms with Crippen LogP contribution in [0.15, 0.2) is 5.10 Å². The van der Waals surface area contributed by atoms with Crippen molar-refractivity contribution in [3.63, 3.8) is 0 Å². The van der Waals surface area contributed by atoms with Crippen LogP contribution in [0.4, 0.5) is 0 Å². The smallest absolute Gasteiger partial charge is 0.0454 e. The number of hydrazone groups is 1. The second-order valence-electron chi connectivity index (χ2n) is 1.17. The molecule has 0 spiro atoms. The van der Waals surface area contributed by atoms with Crippen LogP contribution in [0.5, 0.6) is 0 Å². The van der Waals surface area contributed by atoms with Crippen molar-refractivity contribution in [2.75, 3.05) is 20.1 Å². The molecule has 2 N–H and O–H groups in total. The second-order valence-corrected chi connectivity index (χ2v) is 1.17. The average molecular weight is 101 g/mol. The van der Waals surface area contributed by atoms with Crippen LogP contribution in [-0.2, 0) is 0 Å². The Morgan fingerprint density at radius 3 is 2.71 bits per heavy atom. The van der Waals surface area contributed by atoms with Gasteiger partial charge in [-0.25, -0.2) is 0 Å². The third-order valence-corrected chi connectivity index (χ3v) is 0.599. The lowest BCUT2D eigenvalue weighted by Gasteiger charge is -1.94. The molecule has 7 heavy (non-hydrogen) atoms. The van der Waals surface area contributed by atoms with Crippen LogP contribution in [0.2, 0.25) is 0 Å². The molecule has 0 heterocycles. The monoisotopic (exact) mass is 101 g/mol. The van der Waals surface area contributed by atoms with Gasteiger partial charge in [-0.05, 0) is 7.05 Å². The molecule has 0 aliphatic heterocycles. The van der Waals surface area contributed by atoms with Gasteiger partial charge in [0.2, 0.25) is 0 Å². The minimum absolute atomic E-state index is 0.847. The lowest BCUT2D eigenvalue weighted by atomic mass is 10.7. The number of hydrogen-bond donors (Lipinski definition) is 2. The van der Waals surface area contributed by atoms with Gasteiger partial charge in [0.15, 0.2) is 0 Å². The zero-order chi connectivity index (χ0) is 5.54. The molecule has 3 heteroatoms. The molecule has 0 bridgehead atoms. The molecule has 0 aromatic rings. The topological polar surface area (TPSA) is 36.4 Å². The van der Waals surface area contributed by atoms with E-state index >= 15 is 0 Å². The van der Waals surface area contributed by atoms with E-state index in [1.165, 1.54) is 0 Å². The van der Waals surface area contributed by atoms with Crippen molar-refractivity contribution in [2.24, 2.45) is 5.10 Å². The van der Waals surface area contributed by atoms with Crippen molar-refractivity contribution >= 4 is 6.72 Å². The van der Waals surface area contributed by atoms with Gasteiger partial charge in [-0.15, -0.1) is 0 Å². The minimum atomic E-state index is 0.847. The number of likely N-dealkylation sites (N-methyl/N-ethyl adjacent to an activating group) is 1. The highest BCUT2D eigenvalue weighted by Gasteiger charge is 1.73. The third-order valence-electron chi connectivity index (χ3n) is 0.599. The Bertz CT molecular complexity index is 44.2. The average Bonchev–Trinajstić information content (AvgIpc) is 1.69. The molecule has 3 nitrogen and oxygen atoms in total. The molecule has 0 amide bonds. The van der Waals surface area contributed by atoms with E-state index in [1.807, 2.05) is 7.05 Å². The first-order valence-electron chi connectivity index (χ1n) is 2.25. The van der Waals surface area contributed by atoms with Gasteiger partial charge < -0.3 is 10.7 Å². The Labute approximate surface area is 43.8 Å². The molecule has 0 aliphatic rings. The standard InChI is InChI=1S/C4H11N3/c1-5-3-4-7-6-2/h5,7H,2-4H2,1H3. The Morgan fingerprint density at radius 2 is 2.29 bits per heavy atom. The molecule has 0 aromatic heterocycles. The normalized spacial score (nSPS) is 8.14. The summed E-state index contributed by atoms with van der Waals surface area (Å²) in [7, 11) is 1.89. The summed E-state index contributed by atoms with van der Waals surface area (Å²) < 4.78 is 0. The predicted octanol–water partition coefficient (Wildman–Crippen LogP) is -0.589. The molecule has 0 saturated carbocycles. The zero-order valence-corrected chi connectivity index (χ0v) is 4.57. The highest BCUT2D eigenvalue weighted by Crippen LogP contribution is 1.51. The molecule has 42 valence electrons. The van der Waals surface area contributed by atoms with Gasteiger partial charge >= 0.3 is 0 Å². The van der Waals surface area contributed by atoms with E-state index < -0.39 is 0 Å². The maximum Gasteiger partial charge on any atom is 0.0454 e. The van der Waals surface area contributed by atoms with Gasteiger partial charge in [0, 0.05) is 19.8 Å². The van der Waals surface area contributed by atoms with Crippen LogP contribution in [0.3, 0.4) is 0 Å². The van der Waals surface area contributed by atoms with Gasteiger partial charge in [0.25, 0.3) is 0 Å². The second kappa shape index (κ2) is 5.43. The number of rotatable bonds is 4. The van der Waals surface area contributed by atoms with E-state index in [1.54, 1.807) is 0 Å². The van der Waals surface area contributed by atoms with Gasteiger partial charge in [0.1, 0.15) is 0 Å². The van der Waals surface area contributed by atoms with Crippen LogP contribution < -0.4 is 10.7 Å². The molecule has 0 aromatic carbocycles. The fourth-order valence-electron chi connectivity index (χ4n) is 0.260. The number of nitrogens with zero attached hydrogens (tertiary/aromatic N) is 1. The van der Waals surface area contributed by atoms with E-state index in [2.05, 4.69) is 22.6 Å². The molecular formula is C4H11N3. The van der Waals surface area contributed by atoms with E-state index in [-0.39, 0.29) is 0 Å². The van der Waals surface area contributed by atoms with Crippen LogP contribution in [-0.4, -0.2) is 26.9 Å². The number of hydrogen-bond acceptors (Lipinski definition) is 3. The molecule has 0 rings (SSSR count). The first kappa shape index (κ1) is 6.43. The molecule has 0 radical (unpaired) electrons. The van der Waals surface area contributed by atoms with Crippen molar-refractivity contribution < 1.29 is 0 Å². The summed E-state index contributed by atoms with van der Waals surface area (Å²) in [4.78, 5) is 0. The summed E-state index contributed by atoms with van der Waals surface area (Å²) >= 11 is 0. The van der Waals surface area contributed by atoms with Gasteiger partial charge in [0.05, 0.1) is 0 Å². The zero-order valence-electron chi connectivity index (χ0n) is 4.57. The summed E-state index contributed by atoms with van der Waals surface area (Å²) in [5, 5.41) is 6.39.